The van der Waals surface area contributed by atoms with Crippen LogP contribution in [-0.2, 0) is 4.79 Å². The summed E-state index contributed by atoms with van der Waals surface area (Å²) in [6.07, 6.45) is 3.05. The Morgan fingerprint density at radius 3 is 2.28 bits per heavy atom. The number of benzene rings is 2. The van der Waals surface area contributed by atoms with Gasteiger partial charge in [0.15, 0.2) is 11.5 Å². The van der Waals surface area contributed by atoms with Crippen LogP contribution in [0.4, 0.5) is 0 Å². The van der Waals surface area contributed by atoms with Gasteiger partial charge in [0.25, 0.3) is 0 Å². The average molecular weight is 405 g/mol. The van der Waals surface area contributed by atoms with Gasteiger partial charge in [-0.15, -0.1) is 0 Å². The van der Waals surface area contributed by atoms with Crippen LogP contribution in [0, 0.1) is 0 Å². The SMILES string of the molecule is COc1ccc(/C=C/C(=O)Oc2ccc(C(C)C)cc2Br)cc1OC. The predicted molar refractivity (Wildman–Crippen MR) is 102 cm³/mol. The van der Waals surface area contributed by atoms with E-state index in [2.05, 4.69) is 29.8 Å². The zero-order valence-electron chi connectivity index (χ0n) is 14.7. The van der Waals surface area contributed by atoms with E-state index in [1.807, 2.05) is 18.2 Å². The number of methoxy groups -OCH3 is 2. The fraction of sp³-hybridized carbons (Fsp3) is 0.250. The maximum atomic E-state index is 12.0. The second-order valence-corrected chi connectivity index (χ2v) is 6.57. The molecule has 0 bridgehead atoms. The minimum absolute atomic E-state index is 0.408. The number of hydrogen-bond acceptors (Lipinski definition) is 4. The van der Waals surface area contributed by atoms with E-state index in [4.69, 9.17) is 14.2 Å². The minimum Gasteiger partial charge on any atom is -0.493 e. The molecule has 0 amide bonds. The van der Waals surface area contributed by atoms with Crippen molar-refractivity contribution < 1.29 is 19.0 Å². The van der Waals surface area contributed by atoms with Crippen LogP contribution < -0.4 is 14.2 Å². The molecule has 0 N–H and O–H groups in total. The molecule has 0 aliphatic heterocycles. The molecule has 2 aromatic carbocycles. The summed E-state index contributed by atoms with van der Waals surface area (Å²) in [4.78, 5) is 12.0. The Labute approximate surface area is 156 Å². The number of esters is 1. The van der Waals surface area contributed by atoms with Gasteiger partial charge in [-0.25, -0.2) is 4.79 Å². The van der Waals surface area contributed by atoms with Crippen LogP contribution in [0.25, 0.3) is 6.08 Å². The molecule has 25 heavy (non-hydrogen) atoms. The molecule has 0 aliphatic carbocycles. The van der Waals surface area contributed by atoms with Crippen LogP contribution in [0.5, 0.6) is 17.2 Å². The average Bonchev–Trinajstić information content (AvgIpc) is 2.61. The van der Waals surface area contributed by atoms with Gasteiger partial charge in [-0.3, -0.25) is 0 Å². The summed E-state index contributed by atoms with van der Waals surface area (Å²) in [5.41, 5.74) is 1.98. The van der Waals surface area contributed by atoms with E-state index >= 15 is 0 Å². The topological polar surface area (TPSA) is 44.8 Å². The van der Waals surface area contributed by atoms with E-state index in [0.29, 0.717) is 23.2 Å². The number of ether oxygens (including phenoxy) is 3. The third kappa shape index (κ3) is 5.10. The third-order valence-electron chi connectivity index (χ3n) is 3.65. The molecule has 0 atom stereocenters. The van der Waals surface area contributed by atoms with Crippen molar-refractivity contribution in [3.63, 3.8) is 0 Å². The van der Waals surface area contributed by atoms with Crippen LogP contribution in [0.3, 0.4) is 0 Å². The summed E-state index contributed by atoms with van der Waals surface area (Å²) in [6.45, 7) is 4.22. The molecule has 0 saturated heterocycles. The first kappa shape index (κ1) is 19.1. The van der Waals surface area contributed by atoms with Gasteiger partial charge in [-0.05, 0) is 63.3 Å². The van der Waals surface area contributed by atoms with E-state index in [1.165, 1.54) is 11.6 Å². The van der Waals surface area contributed by atoms with Crippen molar-refractivity contribution >= 4 is 28.0 Å². The fourth-order valence-electron chi connectivity index (χ4n) is 2.22. The van der Waals surface area contributed by atoms with Gasteiger partial charge in [-0.1, -0.05) is 26.0 Å². The maximum absolute atomic E-state index is 12.0. The Balaban J connectivity index is 2.08. The molecule has 0 spiro atoms. The number of carbonyl (C=O) groups is 1. The number of halogens is 1. The summed E-state index contributed by atoms with van der Waals surface area (Å²) in [5.74, 6) is 1.69. The lowest BCUT2D eigenvalue weighted by molar-refractivity contribution is -0.128. The van der Waals surface area contributed by atoms with E-state index < -0.39 is 5.97 Å². The fourth-order valence-corrected chi connectivity index (χ4v) is 2.70. The Morgan fingerprint density at radius 1 is 1.00 bits per heavy atom. The zero-order valence-corrected chi connectivity index (χ0v) is 16.3. The highest BCUT2D eigenvalue weighted by atomic mass is 79.9. The molecule has 2 rings (SSSR count). The van der Waals surface area contributed by atoms with Gasteiger partial charge >= 0.3 is 5.97 Å². The molecule has 132 valence electrons. The standard InChI is InChI=1S/C20H21BrO4/c1-13(2)15-7-9-17(16(21)12-15)25-20(22)10-6-14-5-8-18(23-3)19(11-14)24-4/h5-13H,1-4H3/b10-6+. The summed E-state index contributed by atoms with van der Waals surface area (Å²) in [6, 6.07) is 11.1. The molecule has 0 aliphatic rings. The van der Waals surface area contributed by atoms with Crippen LogP contribution >= 0.6 is 15.9 Å². The molecule has 0 heterocycles. The Morgan fingerprint density at radius 2 is 1.68 bits per heavy atom. The molecular weight excluding hydrogens is 384 g/mol. The smallest absolute Gasteiger partial charge is 0.336 e. The van der Waals surface area contributed by atoms with E-state index in [0.717, 1.165) is 10.0 Å². The molecule has 0 radical (unpaired) electrons. The van der Waals surface area contributed by atoms with Gasteiger partial charge in [0, 0.05) is 6.08 Å². The molecule has 0 fully saturated rings. The highest BCUT2D eigenvalue weighted by Crippen LogP contribution is 2.30. The first-order chi connectivity index (χ1) is 11.9. The van der Waals surface area contributed by atoms with E-state index in [9.17, 15) is 4.79 Å². The van der Waals surface area contributed by atoms with Crippen LogP contribution in [0.1, 0.15) is 30.9 Å². The summed E-state index contributed by atoms with van der Waals surface area (Å²) in [5, 5.41) is 0. The maximum Gasteiger partial charge on any atom is 0.336 e. The highest BCUT2D eigenvalue weighted by molar-refractivity contribution is 9.10. The van der Waals surface area contributed by atoms with Crippen LogP contribution in [0.2, 0.25) is 0 Å². The zero-order chi connectivity index (χ0) is 18.4. The van der Waals surface area contributed by atoms with Crippen molar-refractivity contribution in [3.8, 4) is 17.2 Å². The summed E-state index contributed by atoms with van der Waals surface area (Å²) < 4.78 is 16.6. The van der Waals surface area contributed by atoms with Crippen LogP contribution in [-0.4, -0.2) is 20.2 Å². The quantitative estimate of drug-likeness (QED) is 0.376. The summed E-state index contributed by atoms with van der Waals surface area (Å²) >= 11 is 3.44. The highest BCUT2D eigenvalue weighted by Gasteiger charge is 2.08. The van der Waals surface area contributed by atoms with E-state index in [1.54, 1.807) is 38.5 Å². The first-order valence-corrected chi connectivity index (χ1v) is 8.65. The van der Waals surface area contributed by atoms with Gasteiger partial charge in [0.2, 0.25) is 0 Å². The van der Waals surface area contributed by atoms with Gasteiger partial charge in [0.05, 0.1) is 18.7 Å². The molecule has 0 unspecified atom stereocenters. The molecule has 4 nitrogen and oxygen atoms in total. The lowest BCUT2D eigenvalue weighted by Gasteiger charge is -2.09. The lowest BCUT2D eigenvalue weighted by atomic mass is 10.0. The van der Waals surface area contributed by atoms with Crippen molar-refractivity contribution in [2.24, 2.45) is 0 Å². The van der Waals surface area contributed by atoms with Gasteiger partial charge in [-0.2, -0.15) is 0 Å². The number of rotatable bonds is 6. The van der Waals surface area contributed by atoms with Crippen molar-refractivity contribution in [3.05, 3.63) is 58.1 Å². The van der Waals surface area contributed by atoms with Crippen molar-refractivity contribution in [1.82, 2.24) is 0 Å². The minimum atomic E-state index is -0.451. The molecule has 2 aromatic rings. The molecule has 5 heteroatoms. The van der Waals surface area contributed by atoms with Crippen LogP contribution in [0.15, 0.2) is 46.9 Å². The number of carbonyl (C=O) groups excluding carboxylic acids is 1. The van der Waals surface area contributed by atoms with Crippen molar-refractivity contribution in [2.75, 3.05) is 14.2 Å². The molecular formula is C20H21BrO4. The molecule has 0 saturated carbocycles. The second kappa shape index (κ2) is 8.72. The normalized spacial score (nSPS) is 11.0. The molecule has 0 aromatic heterocycles. The summed E-state index contributed by atoms with van der Waals surface area (Å²) in [7, 11) is 3.14. The van der Waals surface area contributed by atoms with Crippen molar-refractivity contribution in [2.45, 2.75) is 19.8 Å². The van der Waals surface area contributed by atoms with Gasteiger partial charge in [0.1, 0.15) is 5.75 Å². The Hall–Kier alpha value is -2.27. The van der Waals surface area contributed by atoms with E-state index in [-0.39, 0.29) is 0 Å². The lowest BCUT2D eigenvalue weighted by Crippen LogP contribution is -2.04. The third-order valence-corrected chi connectivity index (χ3v) is 4.27. The predicted octanol–water partition coefficient (Wildman–Crippen LogP) is 5.21. The number of hydrogen-bond donors (Lipinski definition) is 0. The van der Waals surface area contributed by atoms with Crippen molar-refractivity contribution in [1.29, 1.82) is 0 Å². The second-order valence-electron chi connectivity index (χ2n) is 5.71. The Kier molecular flexibility index (Phi) is 6.65. The largest absolute Gasteiger partial charge is 0.493 e. The Bertz CT molecular complexity index is 781. The van der Waals surface area contributed by atoms with Gasteiger partial charge < -0.3 is 14.2 Å². The monoisotopic (exact) mass is 404 g/mol. The first-order valence-electron chi connectivity index (χ1n) is 7.86.